The zero-order valence-electron chi connectivity index (χ0n) is 9.33. The minimum Gasteiger partial charge on any atom is -0.465 e. The number of benzene rings is 1. The van der Waals surface area contributed by atoms with Crippen LogP contribution in [-0.4, -0.2) is 25.2 Å². The minimum absolute atomic E-state index is 0.207. The molecular weight excluding hydrogens is 227 g/mol. The second kappa shape index (κ2) is 6.47. The first-order valence-electron chi connectivity index (χ1n) is 5.08. The summed E-state index contributed by atoms with van der Waals surface area (Å²) >= 11 is 0. The highest BCUT2D eigenvalue weighted by Gasteiger charge is 2.05. The van der Waals surface area contributed by atoms with Crippen molar-refractivity contribution in [2.45, 2.75) is 6.92 Å². The lowest BCUT2D eigenvalue weighted by Gasteiger charge is -2.06. The molecule has 0 aliphatic rings. The summed E-state index contributed by atoms with van der Waals surface area (Å²) in [4.78, 5) is 22.2. The first-order chi connectivity index (χ1) is 8.11. The third-order valence-electron chi connectivity index (χ3n) is 1.80. The Morgan fingerprint density at radius 1 is 1.29 bits per heavy atom. The number of rotatable bonds is 4. The maximum atomic E-state index is 12.6. The van der Waals surface area contributed by atoms with Gasteiger partial charge in [-0.1, -0.05) is 0 Å². The molecule has 0 saturated heterocycles. The summed E-state index contributed by atoms with van der Waals surface area (Å²) < 4.78 is 17.2. The van der Waals surface area contributed by atoms with Gasteiger partial charge in [0, 0.05) is 5.69 Å². The number of hydrogen-bond acceptors (Lipinski definition) is 3. The average molecular weight is 240 g/mol. The Labute approximate surface area is 98.0 Å². The Bertz CT molecular complexity index is 392. The molecule has 92 valence electrons. The van der Waals surface area contributed by atoms with Gasteiger partial charge in [-0.05, 0) is 31.2 Å². The Kier molecular flexibility index (Phi) is 4.93. The molecule has 0 radical (unpaired) electrons. The second-order valence-electron chi connectivity index (χ2n) is 3.12. The molecule has 0 aliphatic heterocycles. The number of carbonyl (C=O) groups excluding carboxylic acids is 2. The molecule has 17 heavy (non-hydrogen) atoms. The number of esters is 1. The van der Waals surface area contributed by atoms with Crippen LogP contribution in [0.1, 0.15) is 6.92 Å². The lowest BCUT2D eigenvalue weighted by Crippen LogP contribution is -2.34. The number of hydrogen-bond donors (Lipinski definition) is 2. The predicted molar refractivity (Wildman–Crippen MR) is 60.1 cm³/mol. The highest BCUT2D eigenvalue weighted by molar-refractivity contribution is 5.91. The van der Waals surface area contributed by atoms with E-state index in [1.165, 1.54) is 24.3 Å². The van der Waals surface area contributed by atoms with Crippen LogP contribution in [0.15, 0.2) is 24.3 Å². The van der Waals surface area contributed by atoms with Crippen LogP contribution in [-0.2, 0) is 9.53 Å². The van der Waals surface area contributed by atoms with Gasteiger partial charge in [0.05, 0.1) is 6.61 Å². The maximum Gasteiger partial charge on any atom is 0.325 e. The molecule has 0 bridgehead atoms. The number of anilines is 1. The highest BCUT2D eigenvalue weighted by atomic mass is 19.1. The molecular formula is C11H13FN2O3. The van der Waals surface area contributed by atoms with Crippen molar-refractivity contribution >= 4 is 17.7 Å². The normalized spacial score (nSPS) is 9.53. The van der Waals surface area contributed by atoms with Crippen LogP contribution in [0, 0.1) is 5.82 Å². The summed E-state index contributed by atoms with van der Waals surface area (Å²) in [6, 6.07) is 4.73. The quantitative estimate of drug-likeness (QED) is 0.784. The van der Waals surface area contributed by atoms with Gasteiger partial charge in [-0.15, -0.1) is 0 Å². The van der Waals surface area contributed by atoms with Crippen LogP contribution in [0.4, 0.5) is 14.9 Å². The number of nitrogens with one attached hydrogen (secondary N) is 2. The average Bonchev–Trinajstić information content (AvgIpc) is 2.30. The minimum atomic E-state index is -0.551. The lowest BCUT2D eigenvalue weighted by atomic mass is 10.3. The smallest absolute Gasteiger partial charge is 0.325 e. The fraction of sp³-hybridized carbons (Fsp3) is 0.273. The van der Waals surface area contributed by atoms with Crippen LogP contribution in [0.3, 0.4) is 0 Å². The van der Waals surface area contributed by atoms with Gasteiger partial charge < -0.3 is 15.4 Å². The Balaban J connectivity index is 2.34. The Morgan fingerprint density at radius 2 is 1.94 bits per heavy atom. The van der Waals surface area contributed by atoms with Crippen molar-refractivity contribution in [1.82, 2.24) is 5.32 Å². The molecule has 6 heteroatoms. The first-order valence-corrected chi connectivity index (χ1v) is 5.08. The monoisotopic (exact) mass is 240 g/mol. The van der Waals surface area contributed by atoms with Crippen LogP contribution >= 0.6 is 0 Å². The van der Waals surface area contributed by atoms with Gasteiger partial charge in [0.2, 0.25) is 0 Å². The Hall–Kier alpha value is -2.11. The van der Waals surface area contributed by atoms with Crippen molar-refractivity contribution in [2.24, 2.45) is 0 Å². The van der Waals surface area contributed by atoms with Crippen LogP contribution in [0.5, 0.6) is 0 Å². The molecule has 0 aromatic heterocycles. The molecule has 2 N–H and O–H groups in total. The number of amides is 2. The van der Waals surface area contributed by atoms with Crippen LogP contribution < -0.4 is 10.6 Å². The molecule has 2 amide bonds. The molecule has 0 spiro atoms. The third kappa shape index (κ3) is 4.96. The molecule has 0 saturated carbocycles. The van der Waals surface area contributed by atoms with Gasteiger partial charge in [0.15, 0.2) is 0 Å². The van der Waals surface area contributed by atoms with E-state index < -0.39 is 12.0 Å². The lowest BCUT2D eigenvalue weighted by molar-refractivity contribution is -0.141. The van der Waals surface area contributed by atoms with Crippen molar-refractivity contribution in [2.75, 3.05) is 18.5 Å². The molecule has 5 nitrogen and oxygen atoms in total. The van der Waals surface area contributed by atoms with E-state index in [9.17, 15) is 14.0 Å². The van der Waals surface area contributed by atoms with Gasteiger partial charge in [-0.25, -0.2) is 9.18 Å². The Morgan fingerprint density at radius 3 is 2.53 bits per heavy atom. The molecule has 0 aliphatic carbocycles. The SMILES string of the molecule is CCOC(=O)CNC(=O)Nc1ccc(F)cc1. The molecule has 1 aromatic rings. The number of urea groups is 1. The van der Waals surface area contributed by atoms with Crippen molar-refractivity contribution in [1.29, 1.82) is 0 Å². The number of carbonyl (C=O) groups is 2. The zero-order valence-corrected chi connectivity index (χ0v) is 9.33. The summed E-state index contributed by atoms with van der Waals surface area (Å²) in [5, 5.41) is 4.75. The zero-order chi connectivity index (χ0) is 12.7. The van der Waals surface area contributed by atoms with Crippen molar-refractivity contribution in [3.05, 3.63) is 30.1 Å². The van der Waals surface area contributed by atoms with E-state index in [0.717, 1.165) is 0 Å². The van der Waals surface area contributed by atoms with E-state index in [4.69, 9.17) is 0 Å². The summed E-state index contributed by atoms with van der Waals surface area (Å²) in [6.45, 7) is 1.73. The second-order valence-corrected chi connectivity index (χ2v) is 3.12. The van der Waals surface area contributed by atoms with Crippen LogP contribution in [0.25, 0.3) is 0 Å². The van der Waals surface area contributed by atoms with Crippen LogP contribution in [0.2, 0.25) is 0 Å². The number of halogens is 1. The third-order valence-corrected chi connectivity index (χ3v) is 1.80. The van der Waals surface area contributed by atoms with Crippen molar-refractivity contribution in [3.8, 4) is 0 Å². The molecule has 1 aromatic carbocycles. The van der Waals surface area contributed by atoms with E-state index in [0.29, 0.717) is 5.69 Å². The summed E-state index contributed by atoms with van der Waals surface area (Å²) in [7, 11) is 0. The first kappa shape index (κ1) is 13.0. The maximum absolute atomic E-state index is 12.6. The van der Waals surface area contributed by atoms with Crippen molar-refractivity contribution < 1.29 is 18.7 Å². The molecule has 0 unspecified atom stereocenters. The largest absolute Gasteiger partial charge is 0.465 e. The fourth-order valence-electron chi connectivity index (χ4n) is 1.07. The predicted octanol–water partition coefficient (Wildman–Crippen LogP) is 1.51. The van der Waals surface area contributed by atoms with E-state index >= 15 is 0 Å². The molecule has 0 fully saturated rings. The number of ether oxygens (including phenoxy) is 1. The van der Waals surface area contributed by atoms with Gasteiger partial charge >= 0.3 is 12.0 Å². The summed E-state index contributed by atoms with van der Waals surface area (Å²) in [5.74, 6) is -0.899. The van der Waals surface area contributed by atoms with Gasteiger partial charge in [0.25, 0.3) is 0 Å². The fourth-order valence-corrected chi connectivity index (χ4v) is 1.07. The summed E-state index contributed by atoms with van der Waals surface area (Å²) in [6.07, 6.45) is 0. The van der Waals surface area contributed by atoms with E-state index in [1.807, 2.05) is 0 Å². The topological polar surface area (TPSA) is 67.4 Å². The van der Waals surface area contributed by atoms with E-state index in [1.54, 1.807) is 6.92 Å². The van der Waals surface area contributed by atoms with Crippen molar-refractivity contribution in [3.63, 3.8) is 0 Å². The molecule has 1 rings (SSSR count). The molecule has 0 heterocycles. The van der Waals surface area contributed by atoms with Gasteiger partial charge in [-0.3, -0.25) is 4.79 Å². The molecule has 0 atom stereocenters. The van der Waals surface area contributed by atoms with E-state index in [2.05, 4.69) is 15.4 Å². The van der Waals surface area contributed by atoms with E-state index in [-0.39, 0.29) is 19.0 Å². The van der Waals surface area contributed by atoms with Gasteiger partial charge in [0.1, 0.15) is 12.4 Å². The highest BCUT2D eigenvalue weighted by Crippen LogP contribution is 2.07. The standard InChI is InChI=1S/C11H13FN2O3/c1-2-17-10(15)7-13-11(16)14-9-5-3-8(12)4-6-9/h3-6H,2,7H2,1H3,(H2,13,14,16). The summed E-state index contributed by atoms with van der Waals surface area (Å²) in [5.41, 5.74) is 0.438. The van der Waals surface area contributed by atoms with Gasteiger partial charge in [-0.2, -0.15) is 0 Å².